The van der Waals surface area contributed by atoms with Gasteiger partial charge in [-0.2, -0.15) is 0 Å². The number of rotatable bonds is 6. The van der Waals surface area contributed by atoms with E-state index in [2.05, 4.69) is 21.2 Å². The van der Waals surface area contributed by atoms with Crippen molar-refractivity contribution in [1.29, 1.82) is 0 Å². The third-order valence-corrected chi connectivity index (χ3v) is 6.01. The van der Waals surface area contributed by atoms with Gasteiger partial charge in [-0.25, -0.2) is 0 Å². The number of thiocarbonyl (C=S) groups is 1. The predicted molar refractivity (Wildman–Crippen MR) is 134 cm³/mol. The van der Waals surface area contributed by atoms with Crippen LogP contribution in [0.3, 0.4) is 0 Å². The van der Waals surface area contributed by atoms with Crippen LogP contribution in [0.2, 0.25) is 0 Å². The molecule has 3 aromatic carbocycles. The number of methoxy groups -OCH3 is 1. The fraction of sp³-hybridized carbons (Fsp3) is 0.0800. The van der Waals surface area contributed by atoms with Crippen LogP contribution in [-0.4, -0.2) is 24.0 Å². The van der Waals surface area contributed by atoms with Crippen LogP contribution in [0.5, 0.6) is 11.5 Å². The summed E-state index contributed by atoms with van der Waals surface area (Å²) in [5.41, 5.74) is 2.15. The first kappa shape index (κ1) is 22.7. The fourth-order valence-electron chi connectivity index (χ4n) is 3.30. The lowest BCUT2D eigenvalue weighted by Crippen LogP contribution is -2.54. The Balaban J connectivity index is 1.60. The molecule has 1 heterocycles. The van der Waals surface area contributed by atoms with Gasteiger partial charge in [0.2, 0.25) is 0 Å². The zero-order valence-corrected chi connectivity index (χ0v) is 20.0. The zero-order valence-electron chi connectivity index (χ0n) is 17.6. The van der Waals surface area contributed by atoms with Crippen molar-refractivity contribution < 1.29 is 19.1 Å². The topological polar surface area (TPSA) is 67.9 Å². The summed E-state index contributed by atoms with van der Waals surface area (Å²) in [6.07, 6.45) is 1.51. The maximum Gasteiger partial charge on any atom is 0.270 e. The van der Waals surface area contributed by atoms with E-state index in [4.69, 9.17) is 21.7 Å². The number of nitrogens with one attached hydrogen (secondary N) is 1. The minimum atomic E-state index is -0.551. The molecule has 0 saturated carbocycles. The van der Waals surface area contributed by atoms with Gasteiger partial charge in [0.05, 0.1) is 12.8 Å². The van der Waals surface area contributed by atoms with Gasteiger partial charge >= 0.3 is 0 Å². The van der Waals surface area contributed by atoms with Crippen LogP contribution >= 0.6 is 28.1 Å². The van der Waals surface area contributed by atoms with E-state index in [1.54, 1.807) is 42.5 Å². The van der Waals surface area contributed by atoms with E-state index in [1.807, 2.05) is 30.3 Å². The fourth-order valence-corrected chi connectivity index (χ4v) is 3.98. The minimum absolute atomic E-state index is 0.0311. The number of halogens is 1. The number of hydrogen-bond acceptors (Lipinski definition) is 5. The number of carbonyl (C=O) groups excluding carboxylic acids is 2. The second-order valence-electron chi connectivity index (χ2n) is 7.08. The van der Waals surface area contributed by atoms with Crippen LogP contribution in [-0.2, 0) is 16.2 Å². The molecule has 0 spiro atoms. The summed E-state index contributed by atoms with van der Waals surface area (Å²) >= 11 is 8.73. The number of hydrogen-bond donors (Lipinski definition) is 1. The first-order valence-corrected chi connectivity index (χ1v) is 11.2. The summed E-state index contributed by atoms with van der Waals surface area (Å²) in [6, 6.07) is 21.9. The normalized spacial score (nSPS) is 14.9. The molecule has 1 fully saturated rings. The Bertz CT molecular complexity index is 1260. The van der Waals surface area contributed by atoms with Gasteiger partial charge in [0.1, 0.15) is 12.2 Å². The van der Waals surface area contributed by atoms with Crippen LogP contribution in [0, 0.1) is 0 Å². The molecule has 1 saturated heterocycles. The Morgan fingerprint density at radius 2 is 1.73 bits per heavy atom. The molecule has 1 aliphatic rings. The maximum atomic E-state index is 13.1. The zero-order chi connectivity index (χ0) is 23.4. The number of benzene rings is 3. The van der Waals surface area contributed by atoms with Crippen LogP contribution in [0.15, 0.2) is 82.8 Å². The van der Waals surface area contributed by atoms with Gasteiger partial charge in [0.15, 0.2) is 16.6 Å². The number of anilines is 1. The third-order valence-electron chi connectivity index (χ3n) is 4.96. The summed E-state index contributed by atoms with van der Waals surface area (Å²) in [6.45, 7) is 0.350. The molecule has 0 aliphatic carbocycles. The summed E-state index contributed by atoms with van der Waals surface area (Å²) in [7, 11) is 1.53. The molecule has 166 valence electrons. The summed E-state index contributed by atoms with van der Waals surface area (Å²) in [5, 5.41) is 2.62. The van der Waals surface area contributed by atoms with E-state index < -0.39 is 11.8 Å². The highest BCUT2D eigenvalue weighted by Crippen LogP contribution is 2.31. The number of para-hydroxylation sites is 1. The van der Waals surface area contributed by atoms with E-state index in [1.165, 1.54) is 18.1 Å². The van der Waals surface area contributed by atoms with Gasteiger partial charge in [0.25, 0.3) is 11.8 Å². The van der Waals surface area contributed by atoms with Gasteiger partial charge in [-0.3, -0.25) is 19.8 Å². The van der Waals surface area contributed by atoms with Gasteiger partial charge in [-0.05, 0) is 54.2 Å². The van der Waals surface area contributed by atoms with Gasteiger partial charge in [-0.1, -0.05) is 58.4 Å². The number of amides is 2. The quantitative estimate of drug-likeness (QED) is 0.284. The van der Waals surface area contributed by atoms with Crippen molar-refractivity contribution in [3.05, 3.63) is 94.0 Å². The molecule has 1 aliphatic heterocycles. The van der Waals surface area contributed by atoms with Crippen molar-refractivity contribution in [1.82, 2.24) is 5.32 Å². The lowest BCUT2D eigenvalue weighted by molar-refractivity contribution is -0.122. The molecule has 3 aromatic rings. The minimum Gasteiger partial charge on any atom is -0.493 e. The van der Waals surface area contributed by atoms with Crippen molar-refractivity contribution in [2.75, 3.05) is 12.0 Å². The highest BCUT2D eigenvalue weighted by atomic mass is 79.9. The molecule has 0 aromatic heterocycles. The molecule has 0 bridgehead atoms. The predicted octanol–water partition coefficient (Wildman–Crippen LogP) is 4.87. The largest absolute Gasteiger partial charge is 0.493 e. The molecule has 0 radical (unpaired) electrons. The highest BCUT2D eigenvalue weighted by Gasteiger charge is 2.34. The number of ether oxygens (including phenoxy) is 2. The Labute approximate surface area is 204 Å². The summed E-state index contributed by atoms with van der Waals surface area (Å²) in [5.74, 6) is -0.0222. The summed E-state index contributed by atoms with van der Waals surface area (Å²) < 4.78 is 12.3. The van der Waals surface area contributed by atoms with Crippen molar-refractivity contribution in [2.45, 2.75) is 6.61 Å². The molecule has 2 amide bonds. The smallest absolute Gasteiger partial charge is 0.270 e. The first-order valence-electron chi connectivity index (χ1n) is 9.98. The van der Waals surface area contributed by atoms with E-state index in [-0.39, 0.29) is 10.7 Å². The lowest BCUT2D eigenvalue weighted by atomic mass is 10.1. The van der Waals surface area contributed by atoms with Crippen molar-refractivity contribution in [3.8, 4) is 11.5 Å². The van der Waals surface area contributed by atoms with Crippen molar-refractivity contribution in [3.63, 3.8) is 0 Å². The van der Waals surface area contributed by atoms with E-state index in [9.17, 15) is 9.59 Å². The van der Waals surface area contributed by atoms with Gasteiger partial charge in [-0.15, -0.1) is 0 Å². The second kappa shape index (κ2) is 9.97. The molecule has 0 unspecified atom stereocenters. The monoisotopic (exact) mass is 522 g/mol. The standard InChI is InChI=1S/C25H19BrN2O4S/c1-31-22-14-16(11-12-21(22)32-15-17-7-5-6-10-20(17)26)13-19-23(29)27-25(33)28(24(19)30)18-8-3-2-4-9-18/h2-14H,15H2,1H3,(H,27,29,33)/b19-13-. The van der Waals surface area contributed by atoms with Crippen LogP contribution in [0.25, 0.3) is 6.08 Å². The summed E-state index contributed by atoms with van der Waals surface area (Å²) in [4.78, 5) is 26.9. The average molecular weight is 523 g/mol. The molecule has 4 rings (SSSR count). The Morgan fingerprint density at radius 1 is 1.00 bits per heavy atom. The van der Waals surface area contributed by atoms with E-state index in [0.717, 1.165) is 10.0 Å². The van der Waals surface area contributed by atoms with Crippen molar-refractivity contribution in [2.24, 2.45) is 0 Å². The number of nitrogens with zero attached hydrogens (tertiary/aromatic N) is 1. The first-order chi connectivity index (χ1) is 16.0. The Morgan fingerprint density at radius 3 is 2.45 bits per heavy atom. The van der Waals surface area contributed by atoms with Crippen LogP contribution in [0.4, 0.5) is 5.69 Å². The second-order valence-corrected chi connectivity index (χ2v) is 8.32. The van der Waals surface area contributed by atoms with E-state index >= 15 is 0 Å². The molecule has 8 heteroatoms. The highest BCUT2D eigenvalue weighted by molar-refractivity contribution is 9.10. The molecule has 33 heavy (non-hydrogen) atoms. The van der Waals surface area contributed by atoms with Gasteiger partial charge < -0.3 is 9.47 Å². The third kappa shape index (κ3) is 4.97. The molecule has 6 nitrogen and oxygen atoms in total. The number of carbonyl (C=O) groups is 2. The van der Waals surface area contributed by atoms with Crippen molar-refractivity contribution >= 4 is 56.8 Å². The van der Waals surface area contributed by atoms with E-state index in [0.29, 0.717) is 29.4 Å². The van der Waals surface area contributed by atoms with Crippen LogP contribution in [0.1, 0.15) is 11.1 Å². The molecular weight excluding hydrogens is 504 g/mol. The average Bonchev–Trinajstić information content (AvgIpc) is 2.82. The molecular formula is C25H19BrN2O4S. The Hall–Kier alpha value is -3.49. The SMILES string of the molecule is COc1cc(/C=C2/C(=O)NC(=S)N(c3ccccc3)C2=O)ccc1OCc1ccccc1Br. The Kier molecular flexibility index (Phi) is 6.86. The molecule has 0 atom stereocenters. The van der Waals surface area contributed by atoms with Gasteiger partial charge in [0, 0.05) is 10.0 Å². The van der Waals surface area contributed by atoms with Crippen LogP contribution < -0.4 is 19.7 Å². The molecule has 1 N–H and O–H groups in total. The lowest BCUT2D eigenvalue weighted by Gasteiger charge is -2.28. The maximum absolute atomic E-state index is 13.1.